The first-order chi connectivity index (χ1) is 6.83. The molecule has 0 aliphatic carbocycles. The summed E-state index contributed by atoms with van der Waals surface area (Å²) in [5, 5.41) is 0. The van der Waals surface area contributed by atoms with E-state index in [1.807, 2.05) is 0 Å². The average molecular weight is 215 g/mol. The number of carbonyl (C=O) groups is 1. The van der Waals surface area contributed by atoms with Crippen LogP contribution in [0.4, 0.5) is 0 Å². The Morgan fingerprint density at radius 2 is 2.14 bits per heavy atom. The molecule has 1 rings (SSSR count). The van der Waals surface area contributed by atoms with Gasteiger partial charge in [-0.25, -0.2) is 0 Å². The maximum absolute atomic E-state index is 10.8. The number of benzene rings is 1. The van der Waals surface area contributed by atoms with Crippen molar-refractivity contribution < 1.29 is 14.3 Å². The normalized spacial score (nSPS) is 9.57. The molecule has 0 atom stereocenters. The van der Waals surface area contributed by atoms with Crippen molar-refractivity contribution in [2.24, 2.45) is 0 Å². The molecular formula is C10H11ClO3. The second-order valence-corrected chi connectivity index (χ2v) is 2.91. The third kappa shape index (κ3) is 2.39. The zero-order valence-corrected chi connectivity index (χ0v) is 8.58. The number of hydrogen-bond donors (Lipinski definition) is 0. The Hall–Kier alpha value is -1.22. The minimum atomic E-state index is 0.371. The highest BCUT2D eigenvalue weighted by Gasteiger charge is 2.08. The molecule has 3 nitrogen and oxygen atoms in total. The lowest BCUT2D eigenvalue weighted by Gasteiger charge is -2.09. The highest BCUT2D eigenvalue weighted by molar-refractivity contribution is 6.18. The van der Waals surface area contributed by atoms with Gasteiger partial charge >= 0.3 is 0 Å². The highest BCUT2D eigenvalue weighted by Crippen LogP contribution is 2.26. The topological polar surface area (TPSA) is 35.5 Å². The van der Waals surface area contributed by atoms with E-state index in [0.29, 0.717) is 35.8 Å². The first kappa shape index (κ1) is 10.9. The van der Waals surface area contributed by atoms with Crippen LogP contribution in [-0.2, 0) is 0 Å². The Morgan fingerprint density at radius 3 is 2.71 bits per heavy atom. The van der Waals surface area contributed by atoms with Crippen LogP contribution in [0.15, 0.2) is 18.2 Å². The van der Waals surface area contributed by atoms with Crippen LogP contribution >= 0.6 is 11.6 Å². The first-order valence-electron chi connectivity index (χ1n) is 4.14. The molecule has 0 heterocycles. The zero-order valence-electron chi connectivity index (χ0n) is 7.83. The van der Waals surface area contributed by atoms with E-state index >= 15 is 0 Å². The van der Waals surface area contributed by atoms with Gasteiger partial charge in [-0.05, 0) is 12.1 Å². The molecule has 1 aromatic carbocycles. The molecule has 0 radical (unpaired) electrons. The van der Waals surface area contributed by atoms with Crippen molar-refractivity contribution in [2.45, 2.75) is 0 Å². The van der Waals surface area contributed by atoms with Gasteiger partial charge in [0.2, 0.25) is 0 Å². The third-order valence-electron chi connectivity index (χ3n) is 1.70. The molecule has 1 aromatic rings. The van der Waals surface area contributed by atoms with Gasteiger partial charge in [0.05, 0.1) is 18.6 Å². The van der Waals surface area contributed by atoms with Crippen molar-refractivity contribution in [1.29, 1.82) is 0 Å². The monoisotopic (exact) mass is 214 g/mol. The van der Waals surface area contributed by atoms with Crippen molar-refractivity contribution >= 4 is 17.9 Å². The molecule has 14 heavy (non-hydrogen) atoms. The van der Waals surface area contributed by atoms with Crippen LogP contribution in [0.2, 0.25) is 0 Å². The summed E-state index contributed by atoms with van der Waals surface area (Å²) in [6.07, 6.45) is 0.711. The maximum Gasteiger partial charge on any atom is 0.157 e. The van der Waals surface area contributed by atoms with Gasteiger partial charge < -0.3 is 9.47 Å². The summed E-state index contributed by atoms with van der Waals surface area (Å²) < 4.78 is 10.3. The number of aldehydes is 1. The van der Waals surface area contributed by atoms with E-state index in [-0.39, 0.29) is 0 Å². The quantitative estimate of drug-likeness (QED) is 0.557. The molecular weight excluding hydrogens is 204 g/mol. The van der Waals surface area contributed by atoms with Crippen molar-refractivity contribution in [1.82, 2.24) is 0 Å². The molecule has 0 amide bonds. The number of rotatable bonds is 5. The Labute approximate surface area is 87.6 Å². The number of ether oxygens (including phenoxy) is 2. The zero-order chi connectivity index (χ0) is 10.4. The summed E-state index contributed by atoms with van der Waals surface area (Å²) >= 11 is 5.48. The first-order valence-corrected chi connectivity index (χ1v) is 4.68. The number of halogens is 1. The van der Waals surface area contributed by atoms with E-state index in [0.717, 1.165) is 0 Å². The fraction of sp³-hybridized carbons (Fsp3) is 0.300. The van der Waals surface area contributed by atoms with Crippen LogP contribution < -0.4 is 9.47 Å². The van der Waals surface area contributed by atoms with Crippen LogP contribution in [0, 0.1) is 0 Å². The summed E-state index contributed by atoms with van der Waals surface area (Å²) in [6.45, 7) is 0.371. The van der Waals surface area contributed by atoms with Gasteiger partial charge in [0, 0.05) is 0 Å². The standard InChI is InChI=1S/C10H11ClO3/c1-13-9-3-2-4-10(8(9)7-12)14-6-5-11/h2-4,7H,5-6H2,1H3. The molecule has 0 aliphatic rings. The van der Waals surface area contributed by atoms with E-state index in [1.165, 1.54) is 7.11 Å². The molecule has 0 bridgehead atoms. The van der Waals surface area contributed by atoms with Crippen molar-refractivity contribution in [3.8, 4) is 11.5 Å². The van der Waals surface area contributed by atoms with Gasteiger partial charge in [-0.1, -0.05) is 6.07 Å². The largest absolute Gasteiger partial charge is 0.496 e. The van der Waals surface area contributed by atoms with E-state index in [1.54, 1.807) is 18.2 Å². The summed E-state index contributed by atoms with van der Waals surface area (Å²) in [6, 6.07) is 5.17. The van der Waals surface area contributed by atoms with Crippen molar-refractivity contribution in [3.63, 3.8) is 0 Å². The van der Waals surface area contributed by atoms with Gasteiger partial charge in [0.1, 0.15) is 18.1 Å². The summed E-state index contributed by atoms with van der Waals surface area (Å²) in [7, 11) is 1.51. The fourth-order valence-corrected chi connectivity index (χ4v) is 1.17. The Balaban J connectivity index is 2.96. The summed E-state index contributed by atoms with van der Waals surface area (Å²) in [5.41, 5.74) is 0.417. The molecule has 0 aliphatic heterocycles. The van der Waals surface area contributed by atoms with Crippen LogP contribution in [0.1, 0.15) is 10.4 Å². The van der Waals surface area contributed by atoms with Gasteiger partial charge in [0.15, 0.2) is 6.29 Å². The van der Waals surface area contributed by atoms with Crippen LogP contribution in [0.25, 0.3) is 0 Å². The van der Waals surface area contributed by atoms with Gasteiger partial charge in [-0.3, -0.25) is 4.79 Å². The van der Waals surface area contributed by atoms with Crippen LogP contribution in [0.5, 0.6) is 11.5 Å². The van der Waals surface area contributed by atoms with Crippen LogP contribution in [-0.4, -0.2) is 25.9 Å². The predicted octanol–water partition coefficient (Wildman–Crippen LogP) is 2.13. The average Bonchev–Trinajstić information content (AvgIpc) is 2.25. The van der Waals surface area contributed by atoms with E-state index < -0.39 is 0 Å². The Morgan fingerprint density at radius 1 is 1.43 bits per heavy atom. The molecule has 0 spiro atoms. The lowest BCUT2D eigenvalue weighted by atomic mass is 10.2. The van der Waals surface area contributed by atoms with Gasteiger partial charge in [-0.15, -0.1) is 11.6 Å². The molecule has 0 saturated heterocycles. The molecule has 0 aromatic heterocycles. The molecule has 4 heteroatoms. The second-order valence-electron chi connectivity index (χ2n) is 2.53. The van der Waals surface area contributed by atoms with Gasteiger partial charge in [-0.2, -0.15) is 0 Å². The molecule has 76 valence electrons. The SMILES string of the molecule is COc1cccc(OCCCl)c1C=O. The molecule has 0 N–H and O–H groups in total. The highest BCUT2D eigenvalue weighted by atomic mass is 35.5. The maximum atomic E-state index is 10.8. The van der Waals surface area contributed by atoms with E-state index in [4.69, 9.17) is 21.1 Å². The lowest BCUT2D eigenvalue weighted by Crippen LogP contribution is -2.02. The lowest BCUT2D eigenvalue weighted by molar-refractivity contribution is 0.111. The smallest absolute Gasteiger partial charge is 0.157 e. The molecule has 0 saturated carbocycles. The summed E-state index contributed by atoms with van der Waals surface area (Å²) in [4.78, 5) is 10.8. The minimum Gasteiger partial charge on any atom is -0.496 e. The summed E-state index contributed by atoms with van der Waals surface area (Å²) in [5.74, 6) is 1.39. The minimum absolute atomic E-state index is 0.371. The van der Waals surface area contributed by atoms with Gasteiger partial charge in [0.25, 0.3) is 0 Å². The fourth-order valence-electron chi connectivity index (χ4n) is 1.09. The van der Waals surface area contributed by atoms with Crippen molar-refractivity contribution in [2.75, 3.05) is 19.6 Å². The second kappa shape index (κ2) is 5.50. The third-order valence-corrected chi connectivity index (χ3v) is 1.85. The van der Waals surface area contributed by atoms with E-state index in [2.05, 4.69) is 0 Å². The molecule has 0 fully saturated rings. The number of hydrogen-bond acceptors (Lipinski definition) is 3. The Bertz CT molecular complexity index is 312. The number of carbonyl (C=O) groups excluding carboxylic acids is 1. The number of methoxy groups -OCH3 is 1. The van der Waals surface area contributed by atoms with Crippen molar-refractivity contribution in [3.05, 3.63) is 23.8 Å². The van der Waals surface area contributed by atoms with E-state index in [9.17, 15) is 4.79 Å². The number of alkyl halides is 1. The Kier molecular flexibility index (Phi) is 4.26. The molecule has 0 unspecified atom stereocenters. The van der Waals surface area contributed by atoms with Crippen LogP contribution in [0.3, 0.4) is 0 Å². The predicted molar refractivity (Wildman–Crippen MR) is 54.6 cm³/mol.